The van der Waals surface area contributed by atoms with E-state index in [0.29, 0.717) is 0 Å². The molecule has 0 spiro atoms. The molecule has 0 bridgehead atoms. The molecule has 1 heterocycles. The zero-order valence-corrected chi connectivity index (χ0v) is 9.14. The second-order valence-electron chi connectivity index (χ2n) is 4.13. The lowest BCUT2D eigenvalue weighted by molar-refractivity contribution is 0.447. The van der Waals surface area contributed by atoms with Gasteiger partial charge in [0.05, 0.1) is 0 Å². The van der Waals surface area contributed by atoms with E-state index in [1.54, 1.807) is 0 Å². The minimum absolute atomic E-state index is 0.153. The van der Waals surface area contributed by atoms with Crippen LogP contribution in [0.1, 0.15) is 40.5 Å². The summed E-state index contributed by atoms with van der Waals surface area (Å²) in [5.41, 5.74) is 2.94. The van der Waals surface area contributed by atoms with E-state index in [1.165, 1.54) is 11.1 Å². The molecule has 0 saturated carbocycles. The third-order valence-corrected chi connectivity index (χ3v) is 2.65. The molecule has 0 aliphatic carbocycles. The van der Waals surface area contributed by atoms with Gasteiger partial charge in [-0.25, -0.2) is 0 Å². The highest BCUT2D eigenvalue weighted by atomic mass is 32.1. The van der Waals surface area contributed by atoms with Crippen molar-refractivity contribution in [1.82, 2.24) is 5.32 Å². The molecule has 1 aliphatic heterocycles. The molecule has 2 heteroatoms. The number of thiocarbonyl (C=S) groups is 1. The summed E-state index contributed by atoms with van der Waals surface area (Å²) >= 11 is 5.28. The van der Waals surface area contributed by atoms with Gasteiger partial charge in [-0.15, -0.1) is 0 Å². The van der Waals surface area contributed by atoms with Crippen LogP contribution in [-0.4, -0.2) is 10.5 Å². The highest BCUT2D eigenvalue weighted by Crippen LogP contribution is 2.26. The first-order chi connectivity index (χ1) is 5.46. The SMILES string of the molecule is CCC1=C(C)CC(C)(C)NC1=S. The smallest absolute Gasteiger partial charge is 0.102 e. The second-order valence-corrected chi connectivity index (χ2v) is 4.54. The van der Waals surface area contributed by atoms with Crippen molar-refractivity contribution in [3.63, 3.8) is 0 Å². The van der Waals surface area contributed by atoms with Crippen molar-refractivity contribution >= 4 is 17.2 Å². The molecule has 1 N–H and O–H groups in total. The molecule has 0 saturated heterocycles. The molecule has 0 radical (unpaired) electrons. The van der Waals surface area contributed by atoms with Gasteiger partial charge in [-0.05, 0) is 39.2 Å². The fourth-order valence-electron chi connectivity index (χ4n) is 1.85. The first-order valence-corrected chi connectivity index (χ1v) is 4.88. The Hall–Kier alpha value is -0.370. The number of nitrogens with one attached hydrogen (secondary N) is 1. The summed E-state index contributed by atoms with van der Waals surface area (Å²) in [6.07, 6.45) is 2.16. The van der Waals surface area contributed by atoms with Crippen LogP contribution in [0.15, 0.2) is 11.1 Å². The molecule has 1 nitrogen and oxygen atoms in total. The first-order valence-electron chi connectivity index (χ1n) is 4.47. The molecule has 0 amide bonds. The van der Waals surface area contributed by atoms with E-state index in [9.17, 15) is 0 Å². The Labute approximate surface area is 80.2 Å². The van der Waals surface area contributed by atoms with Crippen LogP contribution >= 0.6 is 12.2 Å². The monoisotopic (exact) mass is 183 g/mol. The van der Waals surface area contributed by atoms with Gasteiger partial charge in [0.2, 0.25) is 0 Å². The van der Waals surface area contributed by atoms with Gasteiger partial charge in [-0.2, -0.15) is 0 Å². The molecule has 1 aliphatic rings. The third kappa shape index (κ3) is 1.86. The number of rotatable bonds is 1. The normalized spacial score (nSPS) is 22.5. The van der Waals surface area contributed by atoms with Crippen molar-refractivity contribution in [2.45, 2.75) is 46.1 Å². The standard InChI is InChI=1S/C10H17NS/c1-5-8-7(2)6-10(3,4)11-9(8)12/h5-6H2,1-4H3,(H,11,12). The minimum atomic E-state index is 0.153. The van der Waals surface area contributed by atoms with Gasteiger partial charge in [0, 0.05) is 5.54 Å². The molecule has 0 atom stereocenters. The minimum Gasteiger partial charge on any atom is -0.371 e. The first kappa shape index (κ1) is 9.72. The van der Waals surface area contributed by atoms with E-state index in [-0.39, 0.29) is 5.54 Å². The maximum Gasteiger partial charge on any atom is 0.102 e. The molecule has 0 fully saturated rings. The van der Waals surface area contributed by atoms with E-state index in [0.717, 1.165) is 17.8 Å². The largest absolute Gasteiger partial charge is 0.371 e. The number of hydrogen-bond donors (Lipinski definition) is 1. The molecule has 68 valence electrons. The summed E-state index contributed by atoms with van der Waals surface area (Å²) in [5, 5.41) is 3.36. The maximum atomic E-state index is 5.28. The molecule has 0 aromatic rings. The van der Waals surface area contributed by atoms with Crippen LogP contribution < -0.4 is 5.32 Å². The van der Waals surface area contributed by atoms with E-state index < -0.39 is 0 Å². The lowest BCUT2D eigenvalue weighted by atomic mass is 9.88. The lowest BCUT2D eigenvalue weighted by Crippen LogP contribution is -2.46. The fraction of sp³-hybridized carbons (Fsp3) is 0.700. The van der Waals surface area contributed by atoms with E-state index >= 15 is 0 Å². The van der Waals surface area contributed by atoms with Crippen LogP contribution in [0.3, 0.4) is 0 Å². The van der Waals surface area contributed by atoms with Crippen LogP contribution in [0.2, 0.25) is 0 Å². The summed E-state index contributed by atoms with van der Waals surface area (Å²) in [7, 11) is 0. The van der Waals surface area contributed by atoms with E-state index in [4.69, 9.17) is 12.2 Å². The Morgan fingerprint density at radius 1 is 1.50 bits per heavy atom. The summed E-state index contributed by atoms with van der Waals surface area (Å²) in [6, 6.07) is 0. The van der Waals surface area contributed by atoms with Gasteiger partial charge < -0.3 is 5.32 Å². The van der Waals surface area contributed by atoms with E-state index in [1.807, 2.05) is 0 Å². The van der Waals surface area contributed by atoms with Gasteiger partial charge >= 0.3 is 0 Å². The average Bonchev–Trinajstić information content (AvgIpc) is 1.82. The third-order valence-electron chi connectivity index (χ3n) is 2.30. The van der Waals surface area contributed by atoms with Gasteiger partial charge in [0.25, 0.3) is 0 Å². The highest BCUT2D eigenvalue weighted by Gasteiger charge is 2.26. The second kappa shape index (κ2) is 3.17. The van der Waals surface area contributed by atoms with Gasteiger partial charge in [-0.1, -0.05) is 24.7 Å². The zero-order valence-electron chi connectivity index (χ0n) is 8.32. The Kier molecular flexibility index (Phi) is 2.57. The molecule has 0 aromatic heterocycles. The van der Waals surface area contributed by atoms with Crippen LogP contribution in [0.5, 0.6) is 0 Å². The highest BCUT2D eigenvalue weighted by molar-refractivity contribution is 7.80. The molecular weight excluding hydrogens is 166 g/mol. The van der Waals surface area contributed by atoms with Crippen molar-refractivity contribution in [2.75, 3.05) is 0 Å². The Morgan fingerprint density at radius 2 is 2.08 bits per heavy atom. The predicted octanol–water partition coefficient (Wildman–Crippen LogP) is 2.81. The number of hydrogen-bond acceptors (Lipinski definition) is 1. The molecular formula is C10H17NS. The van der Waals surface area contributed by atoms with Gasteiger partial charge in [0.1, 0.15) is 4.99 Å². The van der Waals surface area contributed by atoms with Crippen LogP contribution in [-0.2, 0) is 0 Å². The lowest BCUT2D eigenvalue weighted by Gasteiger charge is -2.34. The van der Waals surface area contributed by atoms with Gasteiger partial charge in [-0.3, -0.25) is 0 Å². The summed E-state index contributed by atoms with van der Waals surface area (Å²) in [5.74, 6) is 0. The summed E-state index contributed by atoms with van der Waals surface area (Å²) in [4.78, 5) is 0.950. The van der Waals surface area contributed by atoms with Crippen LogP contribution in [0, 0.1) is 0 Å². The Balaban J connectivity index is 2.95. The maximum absolute atomic E-state index is 5.28. The van der Waals surface area contributed by atoms with Crippen LogP contribution in [0.25, 0.3) is 0 Å². The average molecular weight is 183 g/mol. The van der Waals surface area contributed by atoms with Crippen molar-refractivity contribution in [3.05, 3.63) is 11.1 Å². The quantitative estimate of drug-likeness (QED) is 0.627. The molecule has 12 heavy (non-hydrogen) atoms. The van der Waals surface area contributed by atoms with Gasteiger partial charge in [0.15, 0.2) is 0 Å². The Bertz CT molecular complexity index is 238. The molecule has 0 unspecified atom stereocenters. The van der Waals surface area contributed by atoms with Crippen molar-refractivity contribution < 1.29 is 0 Å². The summed E-state index contributed by atoms with van der Waals surface area (Å²) < 4.78 is 0. The topological polar surface area (TPSA) is 12.0 Å². The molecule has 1 rings (SSSR count). The van der Waals surface area contributed by atoms with Crippen LogP contribution in [0.4, 0.5) is 0 Å². The van der Waals surface area contributed by atoms with Crippen molar-refractivity contribution in [3.8, 4) is 0 Å². The van der Waals surface area contributed by atoms with Crippen molar-refractivity contribution in [1.29, 1.82) is 0 Å². The Morgan fingerprint density at radius 3 is 2.50 bits per heavy atom. The van der Waals surface area contributed by atoms with Crippen molar-refractivity contribution in [2.24, 2.45) is 0 Å². The summed E-state index contributed by atoms with van der Waals surface area (Å²) in [6.45, 7) is 8.73. The zero-order chi connectivity index (χ0) is 9.35. The fourth-order valence-corrected chi connectivity index (χ4v) is 2.45. The predicted molar refractivity (Wildman–Crippen MR) is 57.4 cm³/mol. The van der Waals surface area contributed by atoms with E-state index in [2.05, 4.69) is 33.0 Å². The molecule has 0 aromatic carbocycles.